The normalized spacial score (nSPS) is 22.8. The van der Waals surface area contributed by atoms with Gasteiger partial charge in [0.2, 0.25) is 0 Å². The zero-order valence-electron chi connectivity index (χ0n) is 11.9. The summed E-state index contributed by atoms with van der Waals surface area (Å²) in [5.41, 5.74) is 1.45. The van der Waals surface area contributed by atoms with Crippen LogP contribution >= 0.6 is 0 Å². The molecule has 0 heterocycles. The molecule has 1 N–H and O–H groups in total. The van der Waals surface area contributed by atoms with E-state index in [4.69, 9.17) is 4.74 Å². The van der Waals surface area contributed by atoms with Gasteiger partial charge in [-0.05, 0) is 57.6 Å². The molecule has 0 aliphatic heterocycles. The van der Waals surface area contributed by atoms with E-state index in [1.165, 1.54) is 44.1 Å². The lowest BCUT2D eigenvalue weighted by Crippen LogP contribution is -2.43. The highest BCUT2D eigenvalue weighted by Gasteiger charge is 2.39. The molecule has 19 heavy (non-hydrogen) atoms. The molecule has 2 heteroatoms. The van der Waals surface area contributed by atoms with Crippen molar-refractivity contribution in [2.24, 2.45) is 0 Å². The quantitative estimate of drug-likeness (QED) is 0.803. The SMILES string of the molecule is CC(OC1(CCNC2CC2)CCC1)c1ccccc1. The number of ether oxygens (including phenoxy) is 1. The first-order chi connectivity index (χ1) is 9.27. The summed E-state index contributed by atoms with van der Waals surface area (Å²) in [6, 6.07) is 11.4. The lowest BCUT2D eigenvalue weighted by Gasteiger charge is -2.44. The molecule has 2 aliphatic carbocycles. The second-order valence-corrected chi connectivity index (χ2v) is 6.19. The minimum absolute atomic E-state index is 0.150. The van der Waals surface area contributed by atoms with Crippen molar-refractivity contribution in [3.8, 4) is 0 Å². The van der Waals surface area contributed by atoms with E-state index < -0.39 is 0 Å². The molecule has 0 bridgehead atoms. The minimum atomic E-state index is 0.150. The standard InChI is InChI=1S/C17H25NO/c1-14(15-6-3-2-4-7-15)19-17(10-5-11-17)12-13-18-16-8-9-16/h2-4,6-7,14,16,18H,5,8-13H2,1H3. The van der Waals surface area contributed by atoms with Crippen molar-refractivity contribution in [3.05, 3.63) is 35.9 Å². The van der Waals surface area contributed by atoms with Gasteiger partial charge in [0.1, 0.15) is 0 Å². The maximum absolute atomic E-state index is 6.42. The molecule has 0 spiro atoms. The van der Waals surface area contributed by atoms with E-state index in [1.807, 2.05) is 0 Å². The molecule has 1 atom stereocenters. The van der Waals surface area contributed by atoms with E-state index >= 15 is 0 Å². The van der Waals surface area contributed by atoms with Gasteiger partial charge in [-0.15, -0.1) is 0 Å². The van der Waals surface area contributed by atoms with E-state index in [-0.39, 0.29) is 11.7 Å². The predicted molar refractivity (Wildman–Crippen MR) is 78.2 cm³/mol. The Bertz CT molecular complexity index is 395. The molecule has 2 fully saturated rings. The molecule has 0 amide bonds. The van der Waals surface area contributed by atoms with Crippen LogP contribution in [0.15, 0.2) is 30.3 Å². The third kappa shape index (κ3) is 3.37. The summed E-state index contributed by atoms with van der Waals surface area (Å²) in [6.07, 6.45) is 7.91. The average Bonchev–Trinajstić information content (AvgIpc) is 3.20. The van der Waals surface area contributed by atoms with E-state index in [1.54, 1.807) is 0 Å². The van der Waals surface area contributed by atoms with Crippen molar-refractivity contribution in [2.75, 3.05) is 6.54 Å². The molecule has 3 rings (SSSR count). The van der Waals surface area contributed by atoms with Crippen molar-refractivity contribution < 1.29 is 4.74 Å². The Morgan fingerprint density at radius 1 is 1.26 bits per heavy atom. The molecule has 1 aromatic rings. The molecule has 104 valence electrons. The Balaban J connectivity index is 1.52. The van der Waals surface area contributed by atoms with Gasteiger partial charge in [0, 0.05) is 6.04 Å². The number of rotatable bonds is 7. The molecule has 0 radical (unpaired) electrons. The van der Waals surface area contributed by atoms with Gasteiger partial charge in [-0.1, -0.05) is 30.3 Å². The van der Waals surface area contributed by atoms with Crippen LogP contribution in [-0.4, -0.2) is 18.2 Å². The number of hydrogen-bond donors (Lipinski definition) is 1. The fraction of sp³-hybridized carbons (Fsp3) is 0.647. The maximum atomic E-state index is 6.42. The van der Waals surface area contributed by atoms with Gasteiger partial charge in [0.05, 0.1) is 11.7 Å². The highest BCUT2D eigenvalue weighted by molar-refractivity contribution is 5.17. The van der Waals surface area contributed by atoms with Crippen LogP contribution in [0.5, 0.6) is 0 Å². The molecular weight excluding hydrogens is 234 g/mol. The molecule has 2 saturated carbocycles. The highest BCUT2D eigenvalue weighted by atomic mass is 16.5. The van der Waals surface area contributed by atoms with Crippen LogP contribution in [0.4, 0.5) is 0 Å². The summed E-state index contributed by atoms with van der Waals surface area (Å²) < 4.78 is 6.42. The van der Waals surface area contributed by atoms with Gasteiger partial charge in [0.25, 0.3) is 0 Å². The number of benzene rings is 1. The Kier molecular flexibility index (Phi) is 3.90. The third-order valence-electron chi connectivity index (χ3n) is 4.55. The second-order valence-electron chi connectivity index (χ2n) is 6.19. The van der Waals surface area contributed by atoms with Crippen LogP contribution in [0.2, 0.25) is 0 Å². The Labute approximate surface area is 116 Å². The predicted octanol–water partition coefficient (Wildman–Crippen LogP) is 3.83. The van der Waals surface area contributed by atoms with Crippen LogP contribution in [0.25, 0.3) is 0 Å². The first kappa shape index (κ1) is 13.1. The van der Waals surface area contributed by atoms with E-state index in [0.29, 0.717) is 0 Å². The summed E-state index contributed by atoms with van der Waals surface area (Å²) in [4.78, 5) is 0. The van der Waals surface area contributed by atoms with Crippen molar-refractivity contribution >= 4 is 0 Å². The summed E-state index contributed by atoms with van der Waals surface area (Å²) in [5.74, 6) is 0. The molecule has 1 unspecified atom stereocenters. The molecule has 0 saturated heterocycles. The zero-order valence-corrected chi connectivity index (χ0v) is 11.9. The van der Waals surface area contributed by atoms with Gasteiger partial charge in [-0.2, -0.15) is 0 Å². The van der Waals surface area contributed by atoms with E-state index in [2.05, 4.69) is 42.6 Å². The van der Waals surface area contributed by atoms with Gasteiger partial charge in [-0.25, -0.2) is 0 Å². The summed E-state index contributed by atoms with van der Waals surface area (Å²) in [5, 5.41) is 3.61. The lowest BCUT2D eigenvalue weighted by molar-refractivity contribution is -0.139. The van der Waals surface area contributed by atoms with Crippen LogP contribution in [-0.2, 0) is 4.74 Å². The monoisotopic (exact) mass is 259 g/mol. The van der Waals surface area contributed by atoms with Crippen LogP contribution in [0.1, 0.15) is 57.1 Å². The van der Waals surface area contributed by atoms with Crippen LogP contribution < -0.4 is 5.32 Å². The van der Waals surface area contributed by atoms with Gasteiger partial charge >= 0.3 is 0 Å². The summed E-state index contributed by atoms with van der Waals surface area (Å²) in [7, 11) is 0. The van der Waals surface area contributed by atoms with Gasteiger partial charge < -0.3 is 10.1 Å². The first-order valence-corrected chi connectivity index (χ1v) is 7.74. The molecule has 2 aliphatic rings. The van der Waals surface area contributed by atoms with Crippen molar-refractivity contribution in [1.29, 1.82) is 0 Å². The smallest absolute Gasteiger partial charge is 0.0804 e. The number of nitrogens with one attached hydrogen (secondary N) is 1. The fourth-order valence-corrected chi connectivity index (χ4v) is 2.96. The number of hydrogen-bond acceptors (Lipinski definition) is 2. The highest BCUT2D eigenvalue weighted by Crippen LogP contribution is 2.42. The summed E-state index contributed by atoms with van der Waals surface area (Å²) >= 11 is 0. The second kappa shape index (κ2) is 5.64. The van der Waals surface area contributed by atoms with Crippen molar-refractivity contribution in [3.63, 3.8) is 0 Å². The largest absolute Gasteiger partial charge is 0.367 e. The Hall–Kier alpha value is -0.860. The Morgan fingerprint density at radius 3 is 2.58 bits per heavy atom. The van der Waals surface area contributed by atoms with Crippen molar-refractivity contribution in [2.45, 2.75) is 63.2 Å². The van der Waals surface area contributed by atoms with Gasteiger partial charge in [-0.3, -0.25) is 0 Å². The van der Waals surface area contributed by atoms with Crippen molar-refractivity contribution in [1.82, 2.24) is 5.32 Å². The molecule has 0 aromatic heterocycles. The fourth-order valence-electron chi connectivity index (χ4n) is 2.96. The first-order valence-electron chi connectivity index (χ1n) is 7.74. The average molecular weight is 259 g/mol. The lowest BCUT2D eigenvalue weighted by atomic mass is 9.77. The third-order valence-corrected chi connectivity index (χ3v) is 4.55. The topological polar surface area (TPSA) is 21.3 Å². The molecular formula is C17H25NO. The maximum Gasteiger partial charge on any atom is 0.0804 e. The summed E-state index contributed by atoms with van der Waals surface area (Å²) in [6.45, 7) is 3.30. The molecule has 1 aromatic carbocycles. The van der Waals surface area contributed by atoms with E-state index in [0.717, 1.165) is 12.6 Å². The van der Waals surface area contributed by atoms with E-state index in [9.17, 15) is 0 Å². The minimum Gasteiger partial charge on any atom is -0.367 e. The van der Waals surface area contributed by atoms with Crippen LogP contribution in [0.3, 0.4) is 0 Å². The van der Waals surface area contributed by atoms with Crippen LogP contribution in [0, 0.1) is 0 Å². The zero-order chi connectivity index (χ0) is 13.1. The Morgan fingerprint density at radius 2 is 2.00 bits per heavy atom. The van der Waals surface area contributed by atoms with Gasteiger partial charge in [0.15, 0.2) is 0 Å². The molecule has 2 nitrogen and oxygen atoms in total.